The summed E-state index contributed by atoms with van der Waals surface area (Å²) >= 11 is 0. The van der Waals surface area contributed by atoms with Gasteiger partial charge in [-0.25, -0.2) is 0 Å². The molecule has 1 saturated carbocycles. The average Bonchev–Trinajstić information content (AvgIpc) is 2.96. The molecule has 0 heterocycles. The van der Waals surface area contributed by atoms with Crippen molar-refractivity contribution in [3.63, 3.8) is 0 Å². The van der Waals surface area contributed by atoms with Crippen molar-refractivity contribution in [2.45, 2.75) is 103 Å². The lowest BCUT2D eigenvalue weighted by molar-refractivity contribution is -0.140. The summed E-state index contributed by atoms with van der Waals surface area (Å²) in [6, 6.07) is 0. The summed E-state index contributed by atoms with van der Waals surface area (Å²) in [6.07, 6.45) is 14.2. The van der Waals surface area contributed by atoms with E-state index in [-0.39, 0.29) is 24.1 Å². The number of rotatable bonds is 13. The SMILES string of the molecule is CCCCCC(O)CC=C1CC[C@H](O)[C@@H]1CCCCCCC(=O)OC. The molecule has 4 nitrogen and oxygen atoms in total. The van der Waals surface area contributed by atoms with E-state index in [1.54, 1.807) is 0 Å². The Morgan fingerprint density at radius 1 is 1.24 bits per heavy atom. The number of methoxy groups -OCH3 is 1. The highest BCUT2D eigenvalue weighted by molar-refractivity contribution is 5.68. The average molecular weight is 355 g/mol. The van der Waals surface area contributed by atoms with Crippen molar-refractivity contribution in [3.05, 3.63) is 11.6 Å². The summed E-state index contributed by atoms with van der Waals surface area (Å²) in [5.74, 6) is 0.136. The van der Waals surface area contributed by atoms with Gasteiger partial charge in [0.05, 0.1) is 19.3 Å². The highest BCUT2D eigenvalue weighted by Crippen LogP contribution is 2.35. The fourth-order valence-corrected chi connectivity index (χ4v) is 3.70. The molecule has 1 unspecified atom stereocenters. The van der Waals surface area contributed by atoms with E-state index in [9.17, 15) is 15.0 Å². The zero-order valence-electron chi connectivity index (χ0n) is 16.2. The normalized spacial score (nSPS) is 23.1. The molecule has 1 aliphatic carbocycles. The first-order valence-electron chi connectivity index (χ1n) is 10.2. The van der Waals surface area contributed by atoms with Crippen molar-refractivity contribution in [1.82, 2.24) is 0 Å². The fraction of sp³-hybridized carbons (Fsp3) is 0.857. The van der Waals surface area contributed by atoms with Crippen LogP contribution in [0.25, 0.3) is 0 Å². The van der Waals surface area contributed by atoms with E-state index in [1.165, 1.54) is 25.5 Å². The molecule has 0 aromatic rings. The summed E-state index contributed by atoms with van der Waals surface area (Å²) in [7, 11) is 1.43. The molecule has 2 N–H and O–H groups in total. The molecule has 1 rings (SSSR count). The number of esters is 1. The summed E-state index contributed by atoms with van der Waals surface area (Å²) < 4.78 is 4.64. The maximum Gasteiger partial charge on any atom is 0.305 e. The van der Waals surface area contributed by atoms with Crippen LogP contribution in [-0.2, 0) is 9.53 Å². The Bertz CT molecular complexity index is 391. The topological polar surface area (TPSA) is 66.8 Å². The van der Waals surface area contributed by atoms with E-state index in [2.05, 4.69) is 17.7 Å². The predicted octanol–water partition coefficient (Wildman–Crippen LogP) is 4.53. The molecule has 25 heavy (non-hydrogen) atoms. The molecule has 1 fully saturated rings. The maximum absolute atomic E-state index is 11.1. The lowest BCUT2D eigenvalue weighted by atomic mass is 9.92. The van der Waals surface area contributed by atoms with E-state index < -0.39 is 0 Å². The maximum atomic E-state index is 11.1. The van der Waals surface area contributed by atoms with E-state index in [4.69, 9.17) is 0 Å². The molecule has 0 radical (unpaired) electrons. The van der Waals surface area contributed by atoms with E-state index in [0.717, 1.165) is 64.2 Å². The van der Waals surface area contributed by atoms with Gasteiger partial charge in [-0.3, -0.25) is 4.79 Å². The number of unbranched alkanes of at least 4 members (excludes halogenated alkanes) is 5. The highest BCUT2D eigenvalue weighted by atomic mass is 16.5. The summed E-state index contributed by atoms with van der Waals surface area (Å²) in [6.45, 7) is 2.17. The van der Waals surface area contributed by atoms with Crippen molar-refractivity contribution in [2.75, 3.05) is 7.11 Å². The zero-order valence-corrected chi connectivity index (χ0v) is 16.2. The van der Waals surface area contributed by atoms with E-state index in [0.29, 0.717) is 6.42 Å². The van der Waals surface area contributed by atoms with Gasteiger partial charge in [-0.15, -0.1) is 0 Å². The zero-order chi connectivity index (χ0) is 18.5. The number of hydrogen-bond acceptors (Lipinski definition) is 4. The van der Waals surface area contributed by atoms with Crippen LogP contribution in [0.1, 0.15) is 90.4 Å². The van der Waals surface area contributed by atoms with Crippen molar-refractivity contribution in [3.8, 4) is 0 Å². The summed E-state index contributed by atoms with van der Waals surface area (Å²) in [5, 5.41) is 20.3. The van der Waals surface area contributed by atoms with Gasteiger partial charge in [-0.1, -0.05) is 57.1 Å². The monoisotopic (exact) mass is 354 g/mol. The van der Waals surface area contributed by atoms with Crippen LogP contribution >= 0.6 is 0 Å². The van der Waals surface area contributed by atoms with Gasteiger partial charge in [-0.2, -0.15) is 0 Å². The number of carbonyl (C=O) groups is 1. The second-order valence-corrected chi connectivity index (χ2v) is 7.41. The van der Waals surface area contributed by atoms with E-state index in [1.807, 2.05) is 0 Å². The third-order valence-corrected chi connectivity index (χ3v) is 5.34. The first kappa shape index (κ1) is 22.2. The minimum absolute atomic E-state index is 0.131. The molecule has 0 saturated heterocycles. The highest BCUT2D eigenvalue weighted by Gasteiger charge is 2.29. The van der Waals surface area contributed by atoms with Crippen molar-refractivity contribution in [2.24, 2.45) is 5.92 Å². The van der Waals surface area contributed by atoms with Gasteiger partial charge in [-0.05, 0) is 38.5 Å². The largest absolute Gasteiger partial charge is 0.469 e. The molecule has 3 atom stereocenters. The van der Waals surface area contributed by atoms with Gasteiger partial charge in [0.1, 0.15) is 0 Å². The Morgan fingerprint density at radius 3 is 2.72 bits per heavy atom. The van der Waals surface area contributed by atoms with Crippen LogP contribution in [-0.4, -0.2) is 35.5 Å². The van der Waals surface area contributed by atoms with Crippen LogP contribution < -0.4 is 0 Å². The number of aliphatic hydroxyl groups excluding tert-OH is 2. The summed E-state index contributed by atoms with van der Waals surface area (Å²) in [4.78, 5) is 11.1. The first-order chi connectivity index (χ1) is 12.1. The molecule has 0 aromatic heterocycles. The smallest absolute Gasteiger partial charge is 0.305 e. The van der Waals surface area contributed by atoms with Crippen LogP contribution in [0.5, 0.6) is 0 Å². The lowest BCUT2D eigenvalue weighted by Crippen LogP contribution is -2.14. The Balaban J connectivity index is 2.26. The molecule has 4 heteroatoms. The van der Waals surface area contributed by atoms with Gasteiger partial charge >= 0.3 is 5.97 Å². The molecular weight excluding hydrogens is 316 g/mol. The minimum atomic E-state index is -0.240. The Hall–Kier alpha value is -0.870. The molecule has 0 spiro atoms. The third-order valence-electron chi connectivity index (χ3n) is 5.34. The standard InChI is InChI=1S/C21H38O4/c1-3-4-7-10-18(22)15-13-17-14-16-20(23)19(17)11-8-5-6-9-12-21(24)25-2/h13,18-20,22-23H,3-12,14-16H2,1-2H3/t18?,19-,20+/m1/s1. The van der Waals surface area contributed by atoms with Crippen LogP contribution in [0.2, 0.25) is 0 Å². The van der Waals surface area contributed by atoms with Crippen LogP contribution in [0, 0.1) is 5.92 Å². The van der Waals surface area contributed by atoms with Gasteiger partial charge in [0.25, 0.3) is 0 Å². The lowest BCUT2D eigenvalue weighted by Gasteiger charge is -2.17. The second-order valence-electron chi connectivity index (χ2n) is 7.41. The number of hydrogen-bond donors (Lipinski definition) is 2. The van der Waals surface area contributed by atoms with Crippen LogP contribution in [0.15, 0.2) is 11.6 Å². The molecule has 146 valence electrons. The van der Waals surface area contributed by atoms with Crippen molar-refractivity contribution < 1.29 is 19.7 Å². The Morgan fingerprint density at radius 2 is 2.00 bits per heavy atom. The summed E-state index contributed by atoms with van der Waals surface area (Å²) in [5.41, 5.74) is 1.34. The van der Waals surface area contributed by atoms with Gasteiger partial charge < -0.3 is 14.9 Å². The van der Waals surface area contributed by atoms with Crippen LogP contribution in [0.4, 0.5) is 0 Å². The van der Waals surface area contributed by atoms with Gasteiger partial charge in [0.15, 0.2) is 0 Å². The quantitative estimate of drug-likeness (QED) is 0.290. The van der Waals surface area contributed by atoms with Crippen LogP contribution in [0.3, 0.4) is 0 Å². The van der Waals surface area contributed by atoms with Crippen molar-refractivity contribution in [1.29, 1.82) is 0 Å². The predicted molar refractivity (Wildman–Crippen MR) is 101 cm³/mol. The number of aliphatic hydroxyl groups is 2. The Labute approximate surface area is 153 Å². The minimum Gasteiger partial charge on any atom is -0.469 e. The molecule has 0 aromatic carbocycles. The fourth-order valence-electron chi connectivity index (χ4n) is 3.70. The number of carbonyl (C=O) groups excluding carboxylic acids is 1. The third kappa shape index (κ3) is 9.41. The van der Waals surface area contributed by atoms with Gasteiger partial charge in [0, 0.05) is 12.3 Å². The first-order valence-corrected chi connectivity index (χ1v) is 10.2. The van der Waals surface area contributed by atoms with E-state index >= 15 is 0 Å². The molecular formula is C21H38O4. The molecule has 0 bridgehead atoms. The van der Waals surface area contributed by atoms with Gasteiger partial charge in [0.2, 0.25) is 0 Å². The van der Waals surface area contributed by atoms with Crippen molar-refractivity contribution >= 4 is 5.97 Å². The molecule has 0 aliphatic heterocycles. The number of ether oxygens (including phenoxy) is 1. The molecule has 1 aliphatic rings. The Kier molecular flexibility index (Phi) is 11.8. The molecule has 0 amide bonds. The second kappa shape index (κ2) is 13.3.